The smallest absolute Gasteiger partial charge is 0.335 e. The van der Waals surface area contributed by atoms with Crippen molar-refractivity contribution < 1.29 is 14.6 Å². The minimum absolute atomic E-state index is 0.260. The number of hydrogen-bond acceptors (Lipinski definition) is 3. The number of ether oxygens (including phenoxy) is 1. The molecule has 0 bridgehead atoms. The molecule has 0 aliphatic carbocycles. The molecule has 190 valence electrons. The normalized spacial score (nSPS) is 11.5. The molecule has 36 heavy (non-hydrogen) atoms. The molecule has 1 N–H and O–H groups in total. The fourth-order valence-electron chi connectivity index (χ4n) is 3.34. The summed E-state index contributed by atoms with van der Waals surface area (Å²) in [6.07, 6.45) is 10.9. The van der Waals surface area contributed by atoms with Gasteiger partial charge in [0.1, 0.15) is 18.2 Å². The molecular weight excluding hydrogens is 495 g/mol. The molecule has 0 aliphatic rings. The Kier molecular flexibility index (Phi) is 12.6. The third-order valence-corrected chi connectivity index (χ3v) is 5.63. The van der Waals surface area contributed by atoms with E-state index in [9.17, 15) is 4.79 Å². The van der Waals surface area contributed by atoms with Crippen LogP contribution in [0.3, 0.4) is 0 Å². The topological polar surface area (TPSA) is 64.3 Å². The van der Waals surface area contributed by atoms with E-state index in [4.69, 9.17) is 38.0 Å². The third-order valence-electron chi connectivity index (χ3n) is 5.27. The van der Waals surface area contributed by atoms with Gasteiger partial charge in [-0.25, -0.2) is 9.78 Å². The summed E-state index contributed by atoms with van der Waals surface area (Å²) in [5, 5.41) is 9.09. The number of aromatic carboxylic acids is 1. The lowest BCUT2D eigenvalue weighted by molar-refractivity contribution is 0.0696. The van der Waals surface area contributed by atoms with E-state index in [-0.39, 0.29) is 5.56 Å². The summed E-state index contributed by atoms with van der Waals surface area (Å²) in [5.41, 5.74) is 5.80. The predicted octanol–water partition coefficient (Wildman–Crippen LogP) is 8.14. The number of imidazole rings is 1. The highest BCUT2D eigenvalue weighted by atomic mass is 35.5. The van der Waals surface area contributed by atoms with Gasteiger partial charge in [0.2, 0.25) is 0 Å². The lowest BCUT2D eigenvalue weighted by atomic mass is 10.1. The molecule has 0 atom stereocenters. The Labute approximate surface area is 223 Å². The van der Waals surface area contributed by atoms with Crippen molar-refractivity contribution in [1.82, 2.24) is 9.55 Å². The van der Waals surface area contributed by atoms with Gasteiger partial charge < -0.3 is 14.4 Å². The lowest BCUT2D eigenvalue weighted by Gasteiger charge is -2.07. The van der Waals surface area contributed by atoms with Crippen LogP contribution in [-0.4, -0.2) is 26.5 Å². The largest absolute Gasteiger partial charge is 0.489 e. The molecule has 2 aromatic carbocycles. The molecule has 1 aromatic heterocycles. The maximum absolute atomic E-state index is 11.1. The molecule has 0 unspecified atom stereocenters. The van der Waals surface area contributed by atoms with E-state index in [1.165, 1.54) is 11.1 Å². The van der Waals surface area contributed by atoms with Crippen LogP contribution in [0.25, 0.3) is 17.7 Å². The van der Waals surface area contributed by atoms with E-state index >= 15 is 0 Å². The highest BCUT2D eigenvalue weighted by Gasteiger charge is 2.07. The number of carbonyl (C=O) groups is 1. The first-order valence-electron chi connectivity index (χ1n) is 11.7. The van der Waals surface area contributed by atoms with Crippen LogP contribution >= 0.6 is 23.2 Å². The fourth-order valence-corrected chi connectivity index (χ4v) is 3.61. The molecule has 0 radical (unpaired) electrons. The summed E-state index contributed by atoms with van der Waals surface area (Å²) in [6, 6.07) is 14.6. The summed E-state index contributed by atoms with van der Waals surface area (Å²) >= 11 is 10.2. The Bertz CT molecular complexity index is 1200. The molecule has 7 heteroatoms. The van der Waals surface area contributed by atoms with Gasteiger partial charge in [-0.1, -0.05) is 61.0 Å². The summed E-state index contributed by atoms with van der Waals surface area (Å²) in [4.78, 5) is 15.9. The van der Waals surface area contributed by atoms with Crippen molar-refractivity contribution in [2.45, 2.75) is 40.3 Å². The number of aromatic nitrogens is 2. The van der Waals surface area contributed by atoms with Crippen LogP contribution in [0, 0.1) is 0 Å². The number of carboxylic acid groups (broad SMARTS) is 1. The second-order valence-corrected chi connectivity index (χ2v) is 8.21. The number of halogens is 2. The van der Waals surface area contributed by atoms with Gasteiger partial charge in [0.25, 0.3) is 0 Å². The SMILES string of the molecule is C/C=C(\CC)c1cn(CC)c(/C=C/c2ccc(OCc3cccc(C(=O)O)c3)cc2)n1.Cl/C=C/CCl. The van der Waals surface area contributed by atoms with Crippen molar-refractivity contribution in [3.05, 3.63) is 101 Å². The van der Waals surface area contributed by atoms with Gasteiger partial charge in [0.05, 0.1) is 11.3 Å². The molecule has 3 rings (SSSR count). The number of benzene rings is 2. The molecule has 1 heterocycles. The van der Waals surface area contributed by atoms with Crippen LogP contribution in [0.1, 0.15) is 60.2 Å². The van der Waals surface area contributed by atoms with Gasteiger partial charge in [-0.3, -0.25) is 0 Å². The fraction of sp³-hybridized carbons (Fsp3) is 0.241. The van der Waals surface area contributed by atoms with Crippen molar-refractivity contribution in [3.8, 4) is 5.75 Å². The van der Waals surface area contributed by atoms with Gasteiger partial charge in [0.15, 0.2) is 0 Å². The van der Waals surface area contributed by atoms with Crippen molar-refractivity contribution in [2.24, 2.45) is 0 Å². The van der Waals surface area contributed by atoms with Gasteiger partial charge >= 0.3 is 5.97 Å². The number of alkyl halides is 1. The molecule has 0 aliphatic heterocycles. The zero-order valence-electron chi connectivity index (χ0n) is 20.8. The summed E-state index contributed by atoms with van der Waals surface area (Å²) in [5.74, 6) is 1.23. The van der Waals surface area contributed by atoms with Gasteiger partial charge in [-0.15, -0.1) is 11.6 Å². The quantitative estimate of drug-likeness (QED) is 0.270. The molecule has 0 amide bonds. The van der Waals surface area contributed by atoms with E-state index < -0.39 is 5.97 Å². The van der Waals surface area contributed by atoms with Crippen molar-refractivity contribution in [2.75, 3.05) is 5.88 Å². The van der Waals surface area contributed by atoms with E-state index in [1.54, 1.807) is 24.3 Å². The second kappa shape index (κ2) is 15.7. The highest BCUT2D eigenvalue weighted by molar-refractivity contribution is 6.26. The Hall–Kier alpha value is -3.28. The van der Waals surface area contributed by atoms with Crippen LogP contribution in [0.2, 0.25) is 0 Å². The van der Waals surface area contributed by atoms with Crippen LogP contribution in [-0.2, 0) is 13.2 Å². The maximum Gasteiger partial charge on any atom is 0.335 e. The van der Waals surface area contributed by atoms with Crippen molar-refractivity contribution in [3.63, 3.8) is 0 Å². The molecule has 0 fully saturated rings. The Balaban J connectivity index is 0.000000830. The summed E-state index contributed by atoms with van der Waals surface area (Å²) < 4.78 is 7.94. The number of hydrogen-bond donors (Lipinski definition) is 1. The standard InChI is InChI=1S/C26H28N2O3.C3H4Cl2/c1-4-21(5-2)24-17-28(6-3)25(27-24)15-12-19-10-13-23(14-11-19)31-18-20-8-7-9-22(16-20)26(29)30;4-2-1-3-5/h4,7-17H,5-6,18H2,1-3H3,(H,29,30);1-2H,3H2/b15-12+,21-4+;2-1+. The lowest BCUT2D eigenvalue weighted by Crippen LogP contribution is -2.00. The zero-order chi connectivity index (χ0) is 26.3. The Morgan fingerprint density at radius 2 is 1.89 bits per heavy atom. The second-order valence-electron chi connectivity index (χ2n) is 7.65. The van der Waals surface area contributed by atoms with Gasteiger partial charge in [-0.2, -0.15) is 0 Å². The van der Waals surface area contributed by atoms with Crippen molar-refractivity contribution in [1.29, 1.82) is 0 Å². The monoisotopic (exact) mass is 526 g/mol. The first kappa shape index (κ1) is 29.0. The highest BCUT2D eigenvalue weighted by Crippen LogP contribution is 2.20. The molecular formula is C29H32Cl2N2O3. The van der Waals surface area contributed by atoms with E-state index in [0.29, 0.717) is 12.5 Å². The molecule has 3 aromatic rings. The van der Waals surface area contributed by atoms with Crippen molar-refractivity contribution >= 4 is 46.9 Å². The van der Waals surface area contributed by atoms with Crippen LogP contribution in [0.5, 0.6) is 5.75 Å². The van der Waals surface area contributed by atoms with Gasteiger partial charge in [0, 0.05) is 24.2 Å². The molecule has 0 saturated carbocycles. The molecule has 5 nitrogen and oxygen atoms in total. The minimum Gasteiger partial charge on any atom is -0.489 e. The number of nitrogens with zero attached hydrogens (tertiary/aromatic N) is 2. The number of aryl methyl sites for hydroxylation is 1. The van der Waals surface area contributed by atoms with Crippen LogP contribution in [0.15, 0.2) is 72.4 Å². The van der Waals surface area contributed by atoms with Gasteiger partial charge in [-0.05, 0) is 67.3 Å². The Morgan fingerprint density at radius 3 is 2.44 bits per heavy atom. The van der Waals surface area contributed by atoms with E-state index in [1.807, 2.05) is 49.4 Å². The number of allylic oxidation sites excluding steroid dienone is 3. The Morgan fingerprint density at radius 1 is 1.14 bits per heavy atom. The van der Waals surface area contributed by atoms with E-state index in [0.717, 1.165) is 41.4 Å². The molecule has 0 spiro atoms. The number of carboxylic acids is 1. The third kappa shape index (κ3) is 9.06. The summed E-state index contributed by atoms with van der Waals surface area (Å²) in [7, 11) is 0. The number of rotatable bonds is 10. The first-order chi connectivity index (χ1) is 17.4. The van der Waals surface area contributed by atoms with E-state index in [2.05, 4.69) is 30.7 Å². The van der Waals surface area contributed by atoms with Crippen LogP contribution < -0.4 is 4.74 Å². The predicted molar refractivity (Wildman–Crippen MR) is 151 cm³/mol. The summed E-state index contributed by atoms with van der Waals surface area (Å²) in [6.45, 7) is 7.48. The zero-order valence-corrected chi connectivity index (χ0v) is 22.3. The minimum atomic E-state index is -0.939. The first-order valence-corrected chi connectivity index (χ1v) is 12.7. The van der Waals surface area contributed by atoms with Crippen LogP contribution in [0.4, 0.5) is 0 Å². The average molecular weight is 527 g/mol. The average Bonchev–Trinajstić information content (AvgIpc) is 3.31. The molecule has 0 saturated heterocycles. The maximum atomic E-state index is 11.1.